The number of nitro groups is 1. The van der Waals surface area contributed by atoms with E-state index in [1.54, 1.807) is 0 Å². The maximum absolute atomic E-state index is 11.4. The molecular weight excluding hydrogens is 230 g/mol. The molecule has 0 fully saturated rings. The number of non-ortho nitro benzene ring substituents is 1. The van der Waals surface area contributed by atoms with Crippen molar-refractivity contribution in [2.75, 3.05) is 0 Å². The monoisotopic (exact) mass is 241 g/mol. The first-order valence-electron chi connectivity index (χ1n) is 4.99. The van der Waals surface area contributed by atoms with Crippen LogP contribution in [0.15, 0.2) is 18.2 Å². The van der Waals surface area contributed by atoms with E-state index in [4.69, 9.17) is 11.6 Å². The summed E-state index contributed by atoms with van der Waals surface area (Å²) < 4.78 is 0. The summed E-state index contributed by atoms with van der Waals surface area (Å²) in [6.45, 7) is 1.93. The van der Waals surface area contributed by atoms with Crippen LogP contribution < -0.4 is 0 Å². The summed E-state index contributed by atoms with van der Waals surface area (Å²) in [6.07, 6.45) is 1.54. The van der Waals surface area contributed by atoms with Gasteiger partial charge in [-0.1, -0.05) is 24.6 Å². The molecule has 0 radical (unpaired) electrons. The minimum Gasteiger partial charge on any atom is -0.299 e. The predicted octanol–water partition coefficient (Wildman–Crippen LogP) is 3.16. The van der Waals surface area contributed by atoms with E-state index in [2.05, 4.69) is 0 Å². The largest absolute Gasteiger partial charge is 0.299 e. The Balaban J connectivity index is 2.83. The molecule has 16 heavy (non-hydrogen) atoms. The summed E-state index contributed by atoms with van der Waals surface area (Å²) in [6, 6.07) is 4.17. The molecule has 0 heterocycles. The van der Waals surface area contributed by atoms with Crippen molar-refractivity contribution >= 4 is 23.1 Å². The molecule has 0 amide bonds. The van der Waals surface area contributed by atoms with Crippen LogP contribution in [0.5, 0.6) is 0 Å². The Hall–Kier alpha value is -1.42. The van der Waals surface area contributed by atoms with Gasteiger partial charge in [0.1, 0.15) is 5.78 Å². The first-order valence-corrected chi connectivity index (χ1v) is 5.37. The van der Waals surface area contributed by atoms with Gasteiger partial charge in [0.25, 0.3) is 5.69 Å². The normalized spacial score (nSPS) is 10.1. The van der Waals surface area contributed by atoms with E-state index in [1.165, 1.54) is 18.2 Å². The second kappa shape index (κ2) is 5.61. The summed E-state index contributed by atoms with van der Waals surface area (Å²) in [5.74, 6) is 0.0956. The fourth-order valence-electron chi connectivity index (χ4n) is 1.37. The lowest BCUT2D eigenvalue weighted by atomic mass is 10.1. The molecule has 0 aromatic heterocycles. The van der Waals surface area contributed by atoms with E-state index in [1.807, 2.05) is 6.92 Å². The zero-order valence-corrected chi connectivity index (χ0v) is 9.66. The third kappa shape index (κ3) is 3.31. The SMILES string of the molecule is CCCC(=O)Cc1ccc([N+](=O)[O-])cc1Cl. The Kier molecular flexibility index (Phi) is 4.43. The maximum Gasteiger partial charge on any atom is 0.270 e. The van der Waals surface area contributed by atoms with Crippen molar-refractivity contribution in [2.24, 2.45) is 0 Å². The molecule has 0 atom stereocenters. The highest BCUT2D eigenvalue weighted by molar-refractivity contribution is 6.31. The van der Waals surface area contributed by atoms with E-state index < -0.39 is 4.92 Å². The van der Waals surface area contributed by atoms with Crippen molar-refractivity contribution in [3.8, 4) is 0 Å². The van der Waals surface area contributed by atoms with Crippen LogP contribution in [0.2, 0.25) is 5.02 Å². The maximum atomic E-state index is 11.4. The van der Waals surface area contributed by atoms with E-state index in [-0.39, 0.29) is 22.9 Å². The molecular formula is C11H12ClNO3. The van der Waals surface area contributed by atoms with Crippen LogP contribution in [0, 0.1) is 10.1 Å². The molecule has 0 aliphatic heterocycles. The number of hydrogen-bond donors (Lipinski definition) is 0. The predicted molar refractivity (Wildman–Crippen MR) is 61.7 cm³/mol. The molecule has 0 bridgehead atoms. The van der Waals surface area contributed by atoms with Crippen molar-refractivity contribution in [3.63, 3.8) is 0 Å². The topological polar surface area (TPSA) is 60.2 Å². The third-order valence-electron chi connectivity index (χ3n) is 2.16. The molecule has 0 spiro atoms. The number of nitrogens with zero attached hydrogens (tertiary/aromatic N) is 1. The van der Waals surface area contributed by atoms with E-state index >= 15 is 0 Å². The standard InChI is InChI=1S/C11H12ClNO3/c1-2-3-10(14)6-8-4-5-9(13(15)16)7-11(8)12/h4-5,7H,2-3,6H2,1H3. The van der Waals surface area contributed by atoms with E-state index in [9.17, 15) is 14.9 Å². The van der Waals surface area contributed by atoms with Gasteiger partial charge >= 0.3 is 0 Å². The zero-order valence-electron chi connectivity index (χ0n) is 8.90. The van der Waals surface area contributed by atoms with Gasteiger partial charge in [0.05, 0.1) is 9.95 Å². The van der Waals surface area contributed by atoms with Gasteiger partial charge in [-0.3, -0.25) is 14.9 Å². The molecule has 1 aromatic carbocycles. The van der Waals surface area contributed by atoms with Crippen LogP contribution in [0.1, 0.15) is 25.3 Å². The average Bonchev–Trinajstić information content (AvgIpc) is 2.21. The lowest BCUT2D eigenvalue weighted by molar-refractivity contribution is -0.384. The number of carbonyl (C=O) groups excluding carboxylic acids is 1. The molecule has 0 aliphatic carbocycles. The summed E-state index contributed by atoms with van der Waals surface area (Å²) in [7, 11) is 0. The smallest absolute Gasteiger partial charge is 0.270 e. The fourth-order valence-corrected chi connectivity index (χ4v) is 1.61. The summed E-state index contributed by atoms with van der Waals surface area (Å²) >= 11 is 5.86. The lowest BCUT2D eigenvalue weighted by Gasteiger charge is -2.02. The van der Waals surface area contributed by atoms with Crippen molar-refractivity contribution < 1.29 is 9.72 Å². The number of nitro benzene ring substituents is 1. The van der Waals surface area contributed by atoms with Crippen LogP contribution in [0.3, 0.4) is 0 Å². The van der Waals surface area contributed by atoms with Crippen molar-refractivity contribution in [1.82, 2.24) is 0 Å². The molecule has 0 saturated carbocycles. The average molecular weight is 242 g/mol. The zero-order chi connectivity index (χ0) is 12.1. The number of rotatable bonds is 5. The van der Waals surface area contributed by atoms with Crippen LogP contribution >= 0.6 is 11.6 Å². The van der Waals surface area contributed by atoms with Crippen molar-refractivity contribution in [1.29, 1.82) is 0 Å². The van der Waals surface area contributed by atoms with Gasteiger partial charge in [0, 0.05) is 25.0 Å². The summed E-state index contributed by atoms with van der Waals surface area (Å²) in [5.41, 5.74) is 0.586. The lowest BCUT2D eigenvalue weighted by Crippen LogP contribution is -2.02. The molecule has 0 saturated heterocycles. The van der Waals surface area contributed by atoms with Gasteiger partial charge in [-0.05, 0) is 12.0 Å². The Labute approximate surface area is 98.4 Å². The molecule has 86 valence electrons. The second-order valence-electron chi connectivity index (χ2n) is 3.50. The van der Waals surface area contributed by atoms with Gasteiger partial charge in [-0.2, -0.15) is 0 Å². The molecule has 1 aromatic rings. The number of Topliss-reactive ketones (excluding diaryl/α,β-unsaturated/α-hetero) is 1. The van der Waals surface area contributed by atoms with Crippen LogP contribution in [0.25, 0.3) is 0 Å². The van der Waals surface area contributed by atoms with E-state index in [0.29, 0.717) is 12.0 Å². The molecule has 0 unspecified atom stereocenters. The third-order valence-corrected chi connectivity index (χ3v) is 2.52. The Morgan fingerprint density at radius 2 is 2.19 bits per heavy atom. The molecule has 0 N–H and O–H groups in total. The number of carbonyl (C=O) groups is 1. The fraction of sp³-hybridized carbons (Fsp3) is 0.364. The van der Waals surface area contributed by atoms with Gasteiger partial charge in [0.15, 0.2) is 0 Å². The Bertz CT molecular complexity index is 418. The Morgan fingerprint density at radius 1 is 1.50 bits per heavy atom. The molecule has 0 aliphatic rings. The second-order valence-corrected chi connectivity index (χ2v) is 3.91. The van der Waals surface area contributed by atoms with Gasteiger partial charge in [-0.25, -0.2) is 0 Å². The molecule has 4 nitrogen and oxygen atoms in total. The highest BCUT2D eigenvalue weighted by atomic mass is 35.5. The molecule has 5 heteroatoms. The highest BCUT2D eigenvalue weighted by Crippen LogP contribution is 2.23. The number of benzene rings is 1. The summed E-state index contributed by atoms with van der Waals surface area (Å²) in [4.78, 5) is 21.3. The minimum absolute atomic E-state index is 0.0586. The first-order chi connectivity index (χ1) is 7.54. The van der Waals surface area contributed by atoms with E-state index in [0.717, 1.165) is 6.42 Å². The van der Waals surface area contributed by atoms with Crippen LogP contribution in [-0.4, -0.2) is 10.7 Å². The number of ketones is 1. The number of hydrogen-bond acceptors (Lipinski definition) is 3. The summed E-state index contributed by atoms with van der Waals surface area (Å²) in [5, 5.41) is 10.7. The van der Waals surface area contributed by atoms with Crippen LogP contribution in [0.4, 0.5) is 5.69 Å². The van der Waals surface area contributed by atoms with Gasteiger partial charge in [0.2, 0.25) is 0 Å². The molecule has 1 rings (SSSR count). The van der Waals surface area contributed by atoms with Crippen molar-refractivity contribution in [2.45, 2.75) is 26.2 Å². The Morgan fingerprint density at radius 3 is 2.69 bits per heavy atom. The quantitative estimate of drug-likeness (QED) is 0.588. The van der Waals surface area contributed by atoms with Crippen LogP contribution in [-0.2, 0) is 11.2 Å². The highest BCUT2D eigenvalue weighted by Gasteiger charge is 2.11. The van der Waals surface area contributed by atoms with Gasteiger partial charge in [-0.15, -0.1) is 0 Å². The minimum atomic E-state index is -0.510. The van der Waals surface area contributed by atoms with Crippen molar-refractivity contribution in [3.05, 3.63) is 38.9 Å². The number of halogens is 1. The first kappa shape index (κ1) is 12.6. The van der Waals surface area contributed by atoms with Gasteiger partial charge < -0.3 is 0 Å².